The van der Waals surface area contributed by atoms with Crippen LogP contribution < -0.4 is 11.1 Å². The van der Waals surface area contributed by atoms with Crippen LogP contribution in [0.25, 0.3) is 0 Å². The molecule has 0 unspecified atom stereocenters. The average molecular weight is 362 g/mol. The van der Waals surface area contributed by atoms with Gasteiger partial charge in [-0.2, -0.15) is 5.26 Å². The number of primary amides is 1. The maximum Gasteiger partial charge on any atom is 0.251 e. The fourth-order valence-corrected chi connectivity index (χ4v) is 2.93. The first kappa shape index (κ1) is 20.9. The molecule has 1 rings (SSSR count). The number of amides is 2. The van der Waals surface area contributed by atoms with Crippen LogP contribution in [0.3, 0.4) is 0 Å². The zero-order chi connectivity index (χ0) is 19.3. The van der Waals surface area contributed by atoms with Gasteiger partial charge in [0.15, 0.2) is 8.32 Å². The summed E-state index contributed by atoms with van der Waals surface area (Å²) >= 11 is 0. The predicted octanol–water partition coefficient (Wildman–Crippen LogP) is 2.55. The van der Waals surface area contributed by atoms with Gasteiger partial charge in [0.1, 0.15) is 6.04 Å². The first-order valence-electron chi connectivity index (χ1n) is 8.22. The van der Waals surface area contributed by atoms with Crippen LogP contribution in [0.4, 0.5) is 0 Å². The van der Waals surface area contributed by atoms with Crippen LogP contribution in [-0.2, 0) is 9.22 Å². The molecule has 0 aliphatic rings. The number of carbonyl (C=O) groups excluding carboxylic acids is 2. The van der Waals surface area contributed by atoms with Crippen molar-refractivity contribution in [2.45, 2.75) is 51.4 Å². The SMILES string of the molecule is CC(C)(C)[Si](C)(C)OCC[C@@H](NC(=O)c1ccc(C#N)cc1)C(N)=O. The van der Waals surface area contributed by atoms with Crippen molar-refractivity contribution in [3.8, 4) is 6.07 Å². The Labute approximate surface area is 150 Å². The van der Waals surface area contributed by atoms with Gasteiger partial charge in [-0.3, -0.25) is 9.59 Å². The summed E-state index contributed by atoms with van der Waals surface area (Å²) < 4.78 is 6.04. The van der Waals surface area contributed by atoms with Gasteiger partial charge in [-0.15, -0.1) is 0 Å². The minimum atomic E-state index is -1.92. The molecular weight excluding hydrogens is 334 g/mol. The summed E-state index contributed by atoms with van der Waals surface area (Å²) in [5.41, 5.74) is 6.24. The van der Waals surface area contributed by atoms with Crippen LogP contribution in [0, 0.1) is 11.3 Å². The number of rotatable bonds is 7. The van der Waals surface area contributed by atoms with Crippen molar-refractivity contribution in [3.05, 3.63) is 35.4 Å². The minimum absolute atomic E-state index is 0.0704. The normalized spacial score (nSPS) is 13.0. The Morgan fingerprint density at radius 3 is 2.28 bits per heavy atom. The monoisotopic (exact) mass is 361 g/mol. The van der Waals surface area contributed by atoms with Crippen molar-refractivity contribution >= 4 is 20.1 Å². The highest BCUT2D eigenvalue weighted by Gasteiger charge is 2.37. The first-order chi connectivity index (χ1) is 11.5. The van der Waals surface area contributed by atoms with Gasteiger partial charge in [0.25, 0.3) is 5.91 Å². The Bertz CT molecular complexity index is 658. The zero-order valence-electron chi connectivity index (χ0n) is 15.6. The number of nitrogens with one attached hydrogen (secondary N) is 1. The van der Waals surface area contributed by atoms with Gasteiger partial charge in [0.2, 0.25) is 5.91 Å². The lowest BCUT2D eigenvalue weighted by Crippen LogP contribution is -2.47. The Kier molecular flexibility index (Phi) is 6.91. The summed E-state index contributed by atoms with van der Waals surface area (Å²) in [5, 5.41) is 11.5. The Morgan fingerprint density at radius 1 is 1.28 bits per heavy atom. The zero-order valence-corrected chi connectivity index (χ0v) is 16.6. The van der Waals surface area contributed by atoms with E-state index in [1.807, 2.05) is 6.07 Å². The fourth-order valence-electron chi connectivity index (χ4n) is 1.87. The molecule has 1 aromatic rings. The van der Waals surface area contributed by atoms with Crippen LogP contribution in [0.1, 0.15) is 43.1 Å². The largest absolute Gasteiger partial charge is 0.417 e. The van der Waals surface area contributed by atoms with Crippen molar-refractivity contribution in [3.63, 3.8) is 0 Å². The lowest BCUT2D eigenvalue weighted by Gasteiger charge is -2.36. The van der Waals surface area contributed by atoms with Gasteiger partial charge < -0.3 is 15.5 Å². The third kappa shape index (κ3) is 6.00. The summed E-state index contributed by atoms with van der Waals surface area (Å²) in [7, 11) is -1.92. The highest BCUT2D eigenvalue weighted by Crippen LogP contribution is 2.36. The smallest absolute Gasteiger partial charge is 0.251 e. The summed E-state index contributed by atoms with van der Waals surface area (Å²) in [5.74, 6) is -0.999. The molecule has 0 bridgehead atoms. The molecule has 2 amide bonds. The highest BCUT2D eigenvalue weighted by molar-refractivity contribution is 6.74. The first-order valence-corrected chi connectivity index (χ1v) is 11.1. The second kappa shape index (κ2) is 8.27. The molecule has 3 N–H and O–H groups in total. The van der Waals surface area contributed by atoms with E-state index in [2.05, 4.69) is 39.2 Å². The maximum absolute atomic E-state index is 12.2. The summed E-state index contributed by atoms with van der Waals surface area (Å²) in [6, 6.07) is 7.37. The topological polar surface area (TPSA) is 105 Å². The number of hydrogen-bond acceptors (Lipinski definition) is 4. The molecular formula is C18H27N3O3Si. The van der Waals surface area contributed by atoms with E-state index in [-0.39, 0.29) is 5.04 Å². The van der Waals surface area contributed by atoms with Crippen molar-refractivity contribution in [1.29, 1.82) is 5.26 Å². The van der Waals surface area contributed by atoms with Gasteiger partial charge in [-0.1, -0.05) is 20.8 Å². The highest BCUT2D eigenvalue weighted by atomic mass is 28.4. The molecule has 1 aromatic carbocycles. The van der Waals surface area contributed by atoms with E-state index in [1.54, 1.807) is 12.1 Å². The van der Waals surface area contributed by atoms with E-state index in [1.165, 1.54) is 12.1 Å². The van der Waals surface area contributed by atoms with Crippen LogP contribution >= 0.6 is 0 Å². The number of nitriles is 1. The van der Waals surface area contributed by atoms with E-state index in [9.17, 15) is 9.59 Å². The van der Waals surface area contributed by atoms with Crippen molar-refractivity contribution in [2.75, 3.05) is 6.61 Å². The Morgan fingerprint density at radius 2 is 1.84 bits per heavy atom. The lowest BCUT2D eigenvalue weighted by molar-refractivity contribution is -0.120. The van der Waals surface area contributed by atoms with Gasteiger partial charge >= 0.3 is 0 Å². The molecule has 0 fully saturated rings. The standard InChI is InChI=1S/C18H27N3O3Si/c1-18(2,3)25(4,5)24-11-10-15(16(20)22)21-17(23)14-8-6-13(12-19)7-9-14/h6-9,15H,10-11H2,1-5H3,(H2,20,22)(H,21,23)/t15-/m1/s1. The quantitative estimate of drug-likeness (QED) is 0.728. The van der Waals surface area contributed by atoms with Crippen molar-refractivity contribution in [1.82, 2.24) is 5.32 Å². The molecule has 0 aliphatic carbocycles. The predicted molar refractivity (Wildman–Crippen MR) is 99.4 cm³/mol. The Hall–Kier alpha value is -2.17. The molecule has 0 aliphatic heterocycles. The van der Waals surface area contributed by atoms with Gasteiger partial charge in [0, 0.05) is 12.2 Å². The summed E-state index contributed by atoms with van der Waals surface area (Å²) in [6.45, 7) is 11.0. The van der Waals surface area contributed by atoms with Gasteiger partial charge in [0.05, 0.1) is 11.6 Å². The average Bonchev–Trinajstić information content (AvgIpc) is 2.52. The van der Waals surface area contributed by atoms with Gasteiger partial charge in [-0.05, 0) is 48.8 Å². The van der Waals surface area contributed by atoms with Crippen LogP contribution in [0.15, 0.2) is 24.3 Å². The second-order valence-corrected chi connectivity index (χ2v) is 12.3. The molecule has 1 atom stereocenters. The fraction of sp³-hybridized carbons (Fsp3) is 0.500. The van der Waals surface area contributed by atoms with E-state index in [0.29, 0.717) is 24.2 Å². The summed E-state index contributed by atoms with van der Waals surface area (Å²) in [6.07, 6.45) is 0.323. The maximum atomic E-state index is 12.2. The molecule has 0 saturated carbocycles. The third-order valence-corrected chi connectivity index (χ3v) is 9.14. The Balaban J connectivity index is 2.67. The molecule has 0 aromatic heterocycles. The van der Waals surface area contributed by atoms with Crippen LogP contribution in [0.5, 0.6) is 0 Å². The summed E-state index contributed by atoms with van der Waals surface area (Å²) in [4.78, 5) is 23.9. The van der Waals surface area contributed by atoms with E-state index in [0.717, 1.165) is 0 Å². The number of benzene rings is 1. The minimum Gasteiger partial charge on any atom is -0.417 e. The molecule has 136 valence electrons. The number of hydrogen-bond donors (Lipinski definition) is 2. The molecule has 0 heterocycles. The number of nitrogens with zero attached hydrogens (tertiary/aromatic N) is 1. The third-order valence-electron chi connectivity index (χ3n) is 4.60. The van der Waals surface area contributed by atoms with Gasteiger partial charge in [-0.25, -0.2) is 0 Å². The van der Waals surface area contributed by atoms with Crippen molar-refractivity contribution < 1.29 is 14.0 Å². The number of nitrogens with two attached hydrogens (primary N) is 1. The van der Waals surface area contributed by atoms with Crippen LogP contribution in [-0.4, -0.2) is 32.8 Å². The molecule has 7 heteroatoms. The molecule has 25 heavy (non-hydrogen) atoms. The van der Waals surface area contributed by atoms with Crippen LogP contribution in [0.2, 0.25) is 18.1 Å². The second-order valence-electron chi connectivity index (χ2n) is 7.52. The molecule has 0 spiro atoms. The molecule has 0 radical (unpaired) electrons. The molecule has 6 nitrogen and oxygen atoms in total. The van der Waals surface area contributed by atoms with E-state index < -0.39 is 26.2 Å². The lowest BCUT2D eigenvalue weighted by atomic mass is 10.1. The van der Waals surface area contributed by atoms with E-state index in [4.69, 9.17) is 15.4 Å². The number of carbonyl (C=O) groups is 2. The molecule has 0 saturated heterocycles. The van der Waals surface area contributed by atoms with Crippen molar-refractivity contribution in [2.24, 2.45) is 5.73 Å². The van der Waals surface area contributed by atoms with E-state index >= 15 is 0 Å².